The van der Waals surface area contributed by atoms with Gasteiger partial charge in [0.1, 0.15) is 6.10 Å². The maximum Gasteiger partial charge on any atom is 0.337 e. The molecule has 0 aromatic heterocycles. The fourth-order valence-corrected chi connectivity index (χ4v) is 1.94. The van der Waals surface area contributed by atoms with Gasteiger partial charge in [0, 0.05) is 6.61 Å². The molecular weight excluding hydrogens is 234 g/mol. The molecule has 2 rings (SSSR count). The Kier molecular flexibility index (Phi) is 3.62. The highest BCUT2D eigenvalue weighted by Gasteiger charge is 2.24. The van der Waals surface area contributed by atoms with Gasteiger partial charge in [-0.15, -0.1) is 0 Å². The number of rotatable bonds is 3. The lowest BCUT2D eigenvalue weighted by Crippen LogP contribution is -2.27. The monoisotopic (exact) mass is 249 g/mol. The minimum absolute atomic E-state index is 0.0985. The van der Waals surface area contributed by atoms with Gasteiger partial charge in [-0.1, -0.05) is 11.6 Å². The zero-order chi connectivity index (χ0) is 13.1. The van der Waals surface area contributed by atoms with Crippen molar-refractivity contribution in [2.45, 2.75) is 25.9 Å². The van der Waals surface area contributed by atoms with Crippen LogP contribution in [0.1, 0.15) is 28.8 Å². The summed E-state index contributed by atoms with van der Waals surface area (Å²) in [5.41, 5.74) is 1.25. The summed E-state index contributed by atoms with van der Waals surface area (Å²) in [6.45, 7) is 2.38. The highest BCUT2D eigenvalue weighted by Crippen LogP contribution is 2.20. The van der Waals surface area contributed by atoms with E-state index >= 15 is 0 Å². The number of hydrogen-bond donors (Lipinski definition) is 2. The summed E-state index contributed by atoms with van der Waals surface area (Å²) >= 11 is 0. The standard InChI is InChI=1S/C13H15NO4/c1-8-4-5-10(9(7-8)13(16)17)14-12(15)11-3-2-6-18-11/h4-5,7,11H,2-3,6H2,1H3,(H,14,15)(H,16,17)/t11-/m0/s1. The molecule has 1 aliphatic rings. The van der Waals surface area contributed by atoms with Crippen LogP contribution in [0.5, 0.6) is 0 Å². The molecule has 0 radical (unpaired) electrons. The van der Waals surface area contributed by atoms with Gasteiger partial charge in [0.25, 0.3) is 5.91 Å². The number of aryl methyl sites for hydroxylation is 1. The SMILES string of the molecule is Cc1ccc(NC(=O)[C@@H]2CCCO2)c(C(=O)O)c1. The molecule has 1 aromatic rings. The summed E-state index contributed by atoms with van der Waals surface area (Å²) in [5, 5.41) is 11.7. The number of carbonyl (C=O) groups excluding carboxylic acids is 1. The average Bonchev–Trinajstić information content (AvgIpc) is 2.84. The second kappa shape index (κ2) is 5.18. The second-order valence-electron chi connectivity index (χ2n) is 4.35. The van der Waals surface area contributed by atoms with E-state index in [0.717, 1.165) is 12.0 Å². The summed E-state index contributed by atoms with van der Waals surface area (Å²) in [6, 6.07) is 4.90. The predicted octanol–water partition coefficient (Wildman–Crippen LogP) is 1.81. The molecular formula is C13H15NO4. The van der Waals surface area contributed by atoms with Gasteiger partial charge >= 0.3 is 5.97 Å². The molecule has 5 heteroatoms. The van der Waals surface area contributed by atoms with Gasteiger partial charge in [0.15, 0.2) is 0 Å². The Bertz CT molecular complexity index is 478. The number of aromatic carboxylic acids is 1. The molecule has 1 heterocycles. The molecule has 1 amide bonds. The average molecular weight is 249 g/mol. The minimum atomic E-state index is -1.05. The van der Waals surface area contributed by atoms with E-state index in [0.29, 0.717) is 18.7 Å². The first-order chi connectivity index (χ1) is 8.58. The van der Waals surface area contributed by atoms with Crippen molar-refractivity contribution in [1.29, 1.82) is 0 Å². The zero-order valence-corrected chi connectivity index (χ0v) is 10.1. The first kappa shape index (κ1) is 12.6. The first-order valence-electron chi connectivity index (χ1n) is 5.84. The van der Waals surface area contributed by atoms with Gasteiger partial charge in [0.2, 0.25) is 0 Å². The molecule has 0 aliphatic carbocycles. The number of ether oxygens (including phenoxy) is 1. The van der Waals surface area contributed by atoms with Crippen LogP contribution in [0.4, 0.5) is 5.69 Å². The van der Waals surface area contributed by atoms with Crippen LogP contribution in [0.25, 0.3) is 0 Å². The Hall–Kier alpha value is -1.88. The van der Waals surface area contributed by atoms with Crippen LogP contribution in [-0.2, 0) is 9.53 Å². The van der Waals surface area contributed by atoms with Crippen LogP contribution < -0.4 is 5.32 Å². The van der Waals surface area contributed by atoms with Gasteiger partial charge in [-0.25, -0.2) is 4.79 Å². The van der Waals surface area contributed by atoms with Crippen LogP contribution >= 0.6 is 0 Å². The summed E-state index contributed by atoms with van der Waals surface area (Å²) in [7, 11) is 0. The molecule has 1 aromatic carbocycles. The van der Waals surface area contributed by atoms with Crippen LogP contribution in [0.15, 0.2) is 18.2 Å². The van der Waals surface area contributed by atoms with Crippen molar-refractivity contribution in [3.05, 3.63) is 29.3 Å². The molecule has 1 saturated heterocycles. The van der Waals surface area contributed by atoms with Crippen molar-refractivity contribution in [2.24, 2.45) is 0 Å². The van der Waals surface area contributed by atoms with E-state index in [2.05, 4.69) is 5.32 Å². The molecule has 96 valence electrons. The number of carbonyl (C=O) groups is 2. The minimum Gasteiger partial charge on any atom is -0.478 e. The molecule has 0 spiro atoms. The molecule has 18 heavy (non-hydrogen) atoms. The number of anilines is 1. The molecule has 0 unspecified atom stereocenters. The molecule has 1 fully saturated rings. The number of carboxylic acids is 1. The largest absolute Gasteiger partial charge is 0.478 e. The van der Waals surface area contributed by atoms with E-state index in [4.69, 9.17) is 9.84 Å². The van der Waals surface area contributed by atoms with Crippen LogP contribution in [0, 0.1) is 6.92 Å². The molecule has 2 N–H and O–H groups in total. The van der Waals surface area contributed by atoms with E-state index in [9.17, 15) is 9.59 Å². The third kappa shape index (κ3) is 2.68. The topological polar surface area (TPSA) is 75.6 Å². The molecule has 0 bridgehead atoms. The predicted molar refractivity (Wildman–Crippen MR) is 65.7 cm³/mol. The number of nitrogens with one attached hydrogen (secondary N) is 1. The van der Waals surface area contributed by atoms with Crippen molar-refractivity contribution in [2.75, 3.05) is 11.9 Å². The lowest BCUT2D eigenvalue weighted by Gasteiger charge is -2.12. The Balaban J connectivity index is 2.17. The van der Waals surface area contributed by atoms with Crippen molar-refractivity contribution in [1.82, 2.24) is 0 Å². The van der Waals surface area contributed by atoms with E-state index in [1.807, 2.05) is 0 Å². The lowest BCUT2D eigenvalue weighted by atomic mass is 10.1. The van der Waals surface area contributed by atoms with Crippen molar-refractivity contribution < 1.29 is 19.4 Å². The van der Waals surface area contributed by atoms with E-state index in [1.54, 1.807) is 19.1 Å². The Morgan fingerprint density at radius 3 is 2.83 bits per heavy atom. The van der Waals surface area contributed by atoms with Crippen molar-refractivity contribution in [3.63, 3.8) is 0 Å². The third-order valence-corrected chi connectivity index (χ3v) is 2.89. The first-order valence-corrected chi connectivity index (χ1v) is 5.84. The third-order valence-electron chi connectivity index (χ3n) is 2.89. The fraction of sp³-hybridized carbons (Fsp3) is 0.385. The summed E-state index contributed by atoms with van der Waals surface area (Å²) in [5.74, 6) is -1.33. The van der Waals surface area contributed by atoms with Gasteiger partial charge in [-0.2, -0.15) is 0 Å². The van der Waals surface area contributed by atoms with Gasteiger partial charge in [-0.3, -0.25) is 4.79 Å². The van der Waals surface area contributed by atoms with Gasteiger partial charge < -0.3 is 15.2 Å². The Morgan fingerprint density at radius 1 is 1.44 bits per heavy atom. The van der Waals surface area contributed by atoms with Crippen molar-refractivity contribution >= 4 is 17.6 Å². The van der Waals surface area contributed by atoms with E-state index in [1.165, 1.54) is 6.07 Å². The normalized spacial score (nSPS) is 18.6. The Morgan fingerprint density at radius 2 is 2.22 bits per heavy atom. The van der Waals surface area contributed by atoms with Gasteiger partial charge in [-0.05, 0) is 31.9 Å². The highest BCUT2D eigenvalue weighted by atomic mass is 16.5. The highest BCUT2D eigenvalue weighted by molar-refractivity contribution is 6.02. The summed E-state index contributed by atoms with van der Waals surface area (Å²) in [6.07, 6.45) is 1.07. The number of hydrogen-bond acceptors (Lipinski definition) is 3. The number of amides is 1. The lowest BCUT2D eigenvalue weighted by molar-refractivity contribution is -0.124. The molecule has 0 saturated carbocycles. The smallest absolute Gasteiger partial charge is 0.337 e. The fourth-order valence-electron chi connectivity index (χ4n) is 1.94. The summed E-state index contributed by atoms with van der Waals surface area (Å²) < 4.78 is 5.25. The quantitative estimate of drug-likeness (QED) is 0.856. The van der Waals surface area contributed by atoms with Crippen LogP contribution in [0.2, 0.25) is 0 Å². The molecule has 1 atom stereocenters. The maximum absolute atomic E-state index is 11.8. The molecule has 5 nitrogen and oxygen atoms in total. The second-order valence-corrected chi connectivity index (χ2v) is 4.35. The summed E-state index contributed by atoms with van der Waals surface area (Å²) in [4.78, 5) is 22.9. The molecule has 1 aliphatic heterocycles. The Labute approximate surface area is 105 Å². The van der Waals surface area contributed by atoms with Crippen molar-refractivity contribution in [3.8, 4) is 0 Å². The maximum atomic E-state index is 11.8. The van der Waals surface area contributed by atoms with E-state index in [-0.39, 0.29) is 11.5 Å². The number of benzene rings is 1. The van der Waals surface area contributed by atoms with Crippen LogP contribution in [0.3, 0.4) is 0 Å². The van der Waals surface area contributed by atoms with Crippen LogP contribution in [-0.4, -0.2) is 29.7 Å². The van der Waals surface area contributed by atoms with E-state index < -0.39 is 12.1 Å². The number of carboxylic acid groups (broad SMARTS) is 1. The van der Waals surface area contributed by atoms with Gasteiger partial charge in [0.05, 0.1) is 11.3 Å². The zero-order valence-electron chi connectivity index (χ0n) is 10.1.